The molecule has 1 aromatic heterocycles. The highest BCUT2D eigenvalue weighted by molar-refractivity contribution is 7.99. The molecule has 0 atom stereocenters. The average Bonchev–Trinajstić information content (AvgIpc) is 2.72. The van der Waals surface area contributed by atoms with Gasteiger partial charge in [-0.3, -0.25) is 4.79 Å². The van der Waals surface area contributed by atoms with Crippen LogP contribution in [0.4, 0.5) is 5.69 Å². The molecule has 3 aromatic rings. The van der Waals surface area contributed by atoms with Crippen LogP contribution in [-0.4, -0.2) is 28.2 Å². The van der Waals surface area contributed by atoms with Gasteiger partial charge in [0.2, 0.25) is 5.91 Å². The molecule has 30 heavy (non-hydrogen) atoms. The molecule has 2 aromatic carbocycles. The van der Waals surface area contributed by atoms with Crippen LogP contribution in [0, 0.1) is 32.1 Å². The lowest BCUT2D eigenvalue weighted by Crippen LogP contribution is -2.33. The predicted octanol–water partition coefficient (Wildman–Crippen LogP) is 5.11. The van der Waals surface area contributed by atoms with Gasteiger partial charge in [0.25, 0.3) is 0 Å². The Bertz CT molecular complexity index is 1060. The number of nitriles is 1. The summed E-state index contributed by atoms with van der Waals surface area (Å²) in [5.41, 5.74) is 5.71. The Labute approximate surface area is 181 Å². The molecule has 152 valence electrons. The third-order valence-electron chi connectivity index (χ3n) is 4.49. The monoisotopic (exact) mass is 416 g/mol. The topological polar surface area (TPSA) is 69.9 Å². The smallest absolute Gasteiger partial charge is 0.237 e. The van der Waals surface area contributed by atoms with E-state index in [1.807, 2.05) is 69.3 Å². The molecule has 0 aliphatic carbocycles. The molecule has 0 saturated carbocycles. The standard InChI is InChI=1S/C24H24N4OS/c1-17-12-18(2)14-21(13-17)28(11-7-10-25)23(29)16-30-24-26-19(3)15-22(27-24)20-8-5-4-6-9-20/h4-6,8-9,12-15H,7,11,16H2,1-3H3. The van der Waals surface area contributed by atoms with Crippen LogP contribution in [0.5, 0.6) is 0 Å². The molecule has 0 aliphatic heterocycles. The predicted molar refractivity (Wildman–Crippen MR) is 121 cm³/mol. The number of rotatable bonds is 7. The molecule has 0 bridgehead atoms. The van der Waals surface area contributed by atoms with Crippen molar-refractivity contribution in [3.63, 3.8) is 0 Å². The zero-order chi connectivity index (χ0) is 21.5. The Kier molecular flexibility index (Phi) is 7.21. The number of hydrogen-bond donors (Lipinski definition) is 0. The van der Waals surface area contributed by atoms with Crippen LogP contribution in [0.3, 0.4) is 0 Å². The number of anilines is 1. The normalized spacial score (nSPS) is 10.5. The number of aromatic nitrogens is 2. The molecule has 1 amide bonds. The number of hydrogen-bond acceptors (Lipinski definition) is 5. The minimum absolute atomic E-state index is 0.0633. The van der Waals surface area contributed by atoms with Crippen molar-refractivity contribution in [3.05, 3.63) is 71.4 Å². The molecule has 0 radical (unpaired) electrons. The minimum atomic E-state index is -0.0633. The lowest BCUT2D eigenvalue weighted by molar-refractivity contribution is -0.116. The minimum Gasteiger partial charge on any atom is -0.311 e. The van der Waals surface area contributed by atoms with Crippen LogP contribution in [0.2, 0.25) is 0 Å². The third-order valence-corrected chi connectivity index (χ3v) is 5.33. The van der Waals surface area contributed by atoms with Gasteiger partial charge in [-0.15, -0.1) is 0 Å². The maximum Gasteiger partial charge on any atom is 0.237 e. The molecular weight excluding hydrogens is 392 g/mol. The van der Waals surface area contributed by atoms with E-state index in [1.54, 1.807) is 4.90 Å². The summed E-state index contributed by atoms with van der Waals surface area (Å²) < 4.78 is 0. The highest BCUT2D eigenvalue weighted by atomic mass is 32.2. The van der Waals surface area contributed by atoms with Crippen LogP contribution >= 0.6 is 11.8 Å². The molecule has 5 nitrogen and oxygen atoms in total. The fourth-order valence-electron chi connectivity index (χ4n) is 3.23. The Morgan fingerprint density at radius 1 is 1.03 bits per heavy atom. The lowest BCUT2D eigenvalue weighted by atomic mass is 10.1. The molecule has 3 rings (SSSR count). The summed E-state index contributed by atoms with van der Waals surface area (Å²) in [4.78, 5) is 23.8. The highest BCUT2D eigenvalue weighted by Gasteiger charge is 2.17. The van der Waals surface area contributed by atoms with Gasteiger partial charge in [-0.1, -0.05) is 48.2 Å². The van der Waals surface area contributed by atoms with Crippen LogP contribution in [0.25, 0.3) is 11.3 Å². The van der Waals surface area contributed by atoms with E-state index in [1.165, 1.54) is 11.8 Å². The summed E-state index contributed by atoms with van der Waals surface area (Å²) in [6.07, 6.45) is 0.280. The van der Waals surface area contributed by atoms with E-state index in [0.29, 0.717) is 11.7 Å². The number of carbonyl (C=O) groups excluding carboxylic acids is 1. The first-order chi connectivity index (χ1) is 14.5. The van der Waals surface area contributed by atoms with Crippen LogP contribution in [0.1, 0.15) is 23.2 Å². The van der Waals surface area contributed by atoms with E-state index in [4.69, 9.17) is 5.26 Å². The SMILES string of the molecule is Cc1cc(C)cc(N(CCC#N)C(=O)CSc2nc(C)cc(-c3ccccc3)n2)c1. The zero-order valence-electron chi connectivity index (χ0n) is 17.4. The number of thioether (sulfide) groups is 1. The van der Waals surface area contributed by atoms with Crippen LogP contribution in [0.15, 0.2) is 59.8 Å². The average molecular weight is 417 g/mol. The lowest BCUT2D eigenvalue weighted by Gasteiger charge is -2.22. The van der Waals surface area contributed by atoms with E-state index < -0.39 is 0 Å². The maximum atomic E-state index is 13.0. The van der Waals surface area contributed by atoms with Gasteiger partial charge in [0, 0.05) is 23.5 Å². The first-order valence-corrected chi connectivity index (χ1v) is 10.7. The van der Waals surface area contributed by atoms with Crippen molar-refractivity contribution in [3.8, 4) is 17.3 Å². The van der Waals surface area contributed by atoms with Crippen LogP contribution in [-0.2, 0) is 4.79 Å². The van der Waals surface area contributed by atoms with Crippen molar-refractivity contribution in [1.29, 1.82) is 5.26 Å². The van der Waals surface area contributed by atoms with Gasteiger partial charge in [0.15, 0.2) is 5.16 Å². The second kappa shape index (κ2) is 10.0. The van der Waals surface area contributed by atoms with Crippen molar-refractivity contribution in [2.24, 2.45) is 0 Å². The summed E-state index contributed by atoms with van der Waals surface area (Å²) in [6.45, 7) is 6.30. The van der Waals surface area contributed by atoms with Gasteiger partial charge in [-0.25, -0.2) is 9.97 Å². The van der Waals surface area contributed by atoms with Crippen molar-refractivity contribution in [2.75, 3.05) is 17.2 Å². The number of amides is 1. The van der Waals surface area contributed by atoms with Crippen LogP contribution < -0.4 is 4.90 Å². The second-order valence-electron chi connectivity index (χ2n) is 7.13. The summed E-state index contributed by atoms with van der Waals surface area (Å²) >= 11 is 1.32. The van der Waals surface area contributed by atoms with E-state index in [-0.39, 0.29) is 18.1 Å². The Balaban J connectivity index is 1.78. The summed E-state index contributed by atoms with van der Waals surface area (Å²) in [6, 6.07) is 20.0. The summed E-state index contributed by atoms with van der Waals surface area (Å²) in [7, 11) is 0. The van der Waals surface area contributed by atoms with Crippen molar-refractivity contribution in [2.45, 2.75) is 32.3 Å². The Hall–Kier alpha value is -3.17. The molecule has 1 heterocycles. The van der Waals surface area contributed by atoms with Gasteiger partial charge >= 0.3 is 0 Å². The van der Waals surface area contributed by atoms with Gasteiger partial charge in [0.05, 0.1) is 23.9 Å². The second-order valence-corrected chi connectivity index (χ2v) is 8.07. The summed E-state index contributed by atoms with van der Waals surface area (Å²) in [5, 5.41) is 9.59. The van der Waals surface area contributed by atoms with Gasteiger partial charge in [0.1, 0.15) is 0 Å². The summed E-state index contributed by atoms with van der Waals surface area (Å²) in [5.74, 6) is 0.141. The van der Waals surface area contributed by atoms with E-state index in [9.17, 15) is 4.79 Å². The fraction of sp³-hybridized carbons (Fsp3) is 0.250. The van der Waals surface area contributed by atoms with Crippen molar-refractivity contribution < 1.29 is 4.79 Å². The van der Waals surface area contributed by atoms with Crippen molar-refractivity contribution >= 4 is 23.4 Å². The Morgan fingerprint density at radius 3 is 2.40 bits per heavy atom. The molecule has 6 heteroatoms. The molecule has 0 unspecified atom stereocenters. The number of benzene rings is 2. The molecule has 0 spiro atoms. The quantitative estimate of drug-likeness (QED) is 0.395. The molecule has 0 N–H and O–H groups in total. The highest BCUT2D eigenvalue weighted by Crippen LogP contribution is 2.24. The van der Waals surface area contributed by atoms with E-state index in [2.05, 4.69) is 22.1 Å². The van der Waals surface area contributed by atoms with E-state index >= 15 is 0 Å². The third kappa shape index (κ3) is 5.68. The number of aryl methyl sites for hydroxylation is 3. The fourth-order valence-corrected chi connectivity index (χ4v) is 4.01. The largest absolute Gasteiger partial charge is 0.311 e. The zero-order valence-corrected chi connectivity index (χ0v) is 18.2. The van der Waals surface area contributed by atoms with Gasteiger partial charge < -0.3 is 4.90 Å². The Morgan fingerprint density at radius 2 is 1.73 bits per heavy atom. The molecule has 0 fully saturated rings. The van der Waals surface area contributed by atoms with E-state index in [0.717, 1.165) is 33.8 Å². The maximum absolute atomic E-state index is 13.0. The first kappa shape index (κ1) is 21.5. The molecular formula is C24H24N4OS. The van der Waals surface area contributed by atoms with Gasteiger partial charge in [-0.2, -0.15) is 5.26 Å². The molecule has 0 aliphatic rings. The molecule has 0 saturated heterocycles. The first-order valence-electron chi connectivity index (χ1n) is 9.76. The number of nitrogens with zero attached hydrogens (tertiary/aromatic N) is 4. The number of carbonyl (C=O) groups is 1. The van der Waals surface area contributed by atoms with Crippen molar-refractivity contribution in [1.82, 2.24) is 9.97 Å². The van der Waals surface area contributed by atoms with Gasteiger partial charge in [-0.05, 0) is 50.1 Å².